The molecule has 0 radical (unpaired) electrons. The lowest BCUT2D eigenvalue weighted by Gasteiger charge is -2.15. The van der Waals surface area contributed by atoms with Crippen molar-refractivity contribution in [3.8, 4) is 5.69 Å². The van der Waals surface area contributed by atoms with E-state index in [-0.39, 0.29) is 34.3 Å². The summed E-state index contributed by atoms with van der Waals surface area (Å²) < 4.78 is 40.4. The molecule has 0 spiro atoms. The third-order valence-electron chi connectivity index (χ3n) is 3.86. The molecular formula is C17H12ClF3N6O3. The molecule has 1 amide bonds. The summed E-state index contributed by atoms with van der Waals surface area (Å²) in [6.45, 7) is -0.369. The third kappa shape index (κ3) is 4.84. The topological polar surface area (TPSA) is 115 Å². The molecule has 0 saturated carbocycles. The van der Waals surface area contributed by atoms with Gasteiger partial charge in [0.05, 0.1) is 28.4 Å². The van der Waals surface area contributed by atoms with Crippen molar-refractivity contribution < 1.29 is 22.9 Å². The highest BCUT2D eigenvalue weighted by atomic mass is 35.5. The SMILES string of the molecule is O=C(CNc1ccc(Cl)c([N+](=O)[O-])c1)Nc1cc(C(F)(F)F)ccc1-n1cncn1. The molecule has 0 aliphatic carbocycles. The largest absolute Gasteiger partial charge is 0.416 e. The van der Waals surface area contributed by atoms with E-state index in [4.69, 9.17) is 11.6 Å². The van der Waals surface area contributed by atoms with Crippen molar-refractivity contribution >= 4 is 34.6 Å². The van der Waals surface area contributed by atoms with Crippen LogP contribution >= 0.6 is 11.6 Å². The van der Waals surface area contributed by atoms with Gasteiger partial charge in [-0.3, -0.25) is 14.9 Å². The quantitative estimate of drug-likeness (QED) is 0.444. The number of hydrogen-bond donors (Lipinski definition) is 2. The molecule has 156 valence electrons. The Balaban J connectivity index is 1.79. The minimum Gasteiger partial charge on any atom is -0.376 e. The van der Waals surface area contributed by atoms with Crippen molar-refractivity contribution in [2.24, 2.45) is 0 Å². The summed E-state index contributed by atoms with van der Waals surface area (Å²) in [7, 11) is 0. The van der Waals surface area contributed by atoms with Gasteiger partial charge >= 0.3 is 6.18 Å². The van der Waals surface area contributed by atoms with Gasteiger partial charge in [-0.05, 0) is 30.3 Å². The maximum absolute atomic E-state index is 13.1. The molecule has 13 heteroatoms. The number of nitro groups is 1. The molecule has 0 fully saturated rings. The number of nitro benzene ring substituents is 1. The van der Waals surface area contributed by atoms with E-state index in [1.807, 2.05) is 0 Å². The van der Waals surface area contributed by atoms with Crippen molar-refractivity contribution in [3.63, 3.8) is 0 Å². The fourth-order valence-corrected chi connectivity index (χ4v) is 2.67. The van der Waals surface area contributed by atoms with Crippen LogP contribution in [0.1, 0.15) is 5.56 Å². The summed E-state index contributed by atoms with van der Waals surface area (Å²) in [6, 6.07) is 6.65. The molecule has 0 aliphatic rings. The van der Waals surface area contributed by atoms with Crippen molar-refractivity contribution in [1.29, 1.82) is 0 Å². The Kier molecular flexibility index (Phi) is 5.87. The van der Waals surface area contributed by atoms with Gasteiger partial charge in [0.1, 0.15) is 17.7 Å². The van der Waals surface area contributed by atoms with Gasteiger partial charge in [-0.25, -0.2) is 9.67 Å². The number of alkyl halides is 3. The van der Waals surface area contributed by atoms with Crippen LogP contribution in [0.25, 0.3) is 5.69 Å². The number of carbonyl (C=O) groups is 1. The number of amides is 1. The van der Waals surface area contributed by atoms with Crippen molar-refractivity contribution in [1.82, 2.24) is 14.8 Å². The van der Waals surface area contributed by atoms with Crippen LogP contribution in [0.4, 0.5) is 30.2 Å². The molecule has 2 aromatic carbocycles. The van der Waals surface area contributed by atoms with Crippen LogP contribution in [-0.4, -0.2) is 32.1 Å². The summed E-state index contributed by atoms with van der Waals surface area (Å²) in [5, 5.41) is 19.7. The van der Waals surface area contributed by atoms with E-state index in [0.717, 1.165) is 24.3 Å². The molecule has 30 heavy (non-hydrogen) atoms. The van der Waals surface area contributed by atoms with Crippen molar-refractivity contribution in [2.75, 3.05) is 17.2 Å². The molecule has 9 nitrogen and oxygen atoms in total. The van der Waals surface area contributed by atoms with E-state index < -0.39 is 22.6 Å². The second-order valence-electron chi connectivity index (χ2n) is 5.89. The Morgan fingerprint density at radius 1 is 1.23 bits per heavy atom. The maximum Gasteiger partial charge on any atom is 0.416 e. The molecule has 2 N–H and O–H groups in total. The van der Waals surface area contributed by atoms with E-state index >= 15 is 0 Å². The first-order valence-corrected chi connectivity index (χ1v) is 8.57. The highest BCUT2D eigenvalue weighted by Gasteiger charge is 2.31. The van der Waals surface area contributed by atoms with Crippen LogP contribution < -0.4 is 10.6 Å². The zero-order valence-corrected chi connectivity index (χ0v) is 15.6. The zero-order valence-electron chi connectivity index (χ0n) is 14.9. The van der Waals surface area contributed by atoms with E-state index in [1.54, 1.807) is 0 Å². The predicted octanol–water partition coefficient (Wildman–Crippen LogP) is 3.90. The van der Waals surface area contributed by atoms with Crippen LogP contribution in [-0.2, 0) is 11.0 Å². The summed E-state index contributed by atoms with van der Waals surface area (Å²) in [5.41, 5.74) is -1.03. The highest BCUT2D eigenvalue weighted by molar-refractivity contribution is 6.32. The average molecular weight is 441 g/mol. The number of aromatic nitrogens is 3. The Labute approximate surface area is 171 Å². The van der Waals surface area contributed by atoms with Gasteiger partial charge in [-0.1, -0.05) is 11.6 Å². The first-order valence-electron chi connectivity index (χ1n) is 8.19. The molecule has 3 rings (SSSR count). The molecule has 0 bridgehead atoms. The van der Waals surface area contributed by atoms with Gasteiger partial charge in [0.2, 0.25) is 5.91 Å². The van der Waals surface area contributed by atoms with Crippen LogP contribution in [0.3, 0.4) is 0 Å². The molecule has 1 aromatic heterocycles. The number of carbonyl (C=O) groups excluding carboxylic acids is 1. The molecule has 0 saturated heterocycles. The summed E-state index contributed by atoms with van der Waals surface area (Å²) in [5.74, 6) is -0.687. The van der Waals surface area contributed by atoms with E-state index in [9.17, 15) is 28.1 Å². The molecule has 1 heterocycles. The molecule has 0 unspecified atom stereocenters. The Morgan fingerprint density at radius 3 is 2.63 bits per heavy atom. The van der Waals surface area contributed by atoms with Gasteiger partial charge in [-0.2, -0.15) is 18.3 Å². The lowest BCUT2D eigenvalue weighted by molar-refractivity contribution is -0.384. The van der Waals surface area contributed by atoms with E-state index in [0.29, 0.717) is 0 Å². The lowest BCUT2D eigenvalue weighted by atomic mass is 10.1. The van der Waals surface area contributed by atoms with E-state index in [2.05, 4.69) is 20.7 Å². The molecule has 3 aromatic rings. The Morgan fingerprint density at radius 2 is 2.00 bits per heavy atom. The summed E-state index contributed by atoms with van der Waals surface area (Å²) in [4.78, 5) is 26.3. The van der Waals surface area contributed by atoms with Crippen molar-refractivity contribution in [2.45, 2.75) is 6.18 Å². The standard InChI is InChI=1S/C17H12ClF3N6O3/c18-12-3-2-11(6-15(12)27(29)30)23-7-16(28)25-13-5-10(17(19,20)21)1-4-14(13)26-9-22-8-24-26/h1-6,8-9,23H,7H2,(H,25,28). The molecule has 0 aliphatic heterocycles. The number of nitrogens with one attached hydrogen (secondary N) is 2. The summed E-state index contributed by atoms with van der Waals surface area (Å²) >= 11 is 5.73. The minimum atomic E-state index is -4.61. The number of nitrogens with zero attached hydrogens (tertiary/aromatic N) is 4. The number of rotatable bonds is 6. The number of benzene rings is 2. The van der Waals surface area contributed by atoms with Crippen LogP contribution in [0.15, 0.2) is 49.1 Å². The zero-order chi connectivity index (χ0) is 21.9. The van der Waals surface area contributed by atoms with Gasteiger partial charge in [0.15, 0.2) is 0 Å². The van der Waals surface area contributed by atoms with Crippen molar-refractivity contribution in [3.05, 3.63) is 69.8 Å². The monoisotopic (exact) mass is 440 g/mol. The predicted molar refractivity (Wildman–Crippen MR) is 102 cm³/mol. The molecule has 0 atom stereocenters. The first-order chi connectivity index (χ1) is 14.1. The van der Waals surface area contributed by atoms with Gasteiger partial charge < -0.3 is 10.6 Å². The third-order valence-corrected chi connectivity index (χ3v) is 4.18. The lowest BCUT2D eigenvalue weighted by Crippen LogP contribution is -2.23. The maximum atomic E-state index is 13.1. The minimum absolute atomic E-state index is 0.0727. The normalized spacial score (nSPS) is 11.2. The second-order valence-corrected chi connectivity index (χ2v) is 6.30. The first kappa shape index (κ1) is 21.0. The molecular weight excluding hydrogens is 429 g/mol. The van der Waals surface area contributed by atoms with Crippen LogP contribution in [0, 0.1) is 10.1 Å². The van der Waals surface area contributed by atoms with Gasteiger partial charge in [0.25, 0.3) is 5.69 Å². The number of hydrogen-bond acceptors (Lipinski definition) is 6. The summed E-state index contributed by atoms with van der Waals surface area (Å²) in [6.07, 6.45) is -2.15. The highest BCUT2D eigenvalue weighted by Crippen LogP contribution is 2.33. The number of anilines is 2. The van der Waals surface area contributed by atoms with E-state index in [1.165, 1.54) is 29.5 Å². The van der Waals surface area contributed by atoms with Gasteiger partial charge in [0, 0.05) is 11.8 Å². The fraction of sp³-hybridized carbons (Fsp3) is 0.118. The van der Waals surface area contributed by atoms with Crippen LogP contribution in [0.5, 0.6) is 0 Å². The second kappa shape index (κ2) is 8.37. The average Bonchev–Trinajstić information content (AvgIpc) is 3.21. The number of halogens is 4. The Bertz CT molecular complexity index is 1090. The smallest absolute Gasteiger partial charge is 0.376 e. The van der Waals surface area contributed by atoms with Crippen LogP contribution in [0.2, 0.25) is 5.02 Å². The fourth-order valence-electron chi connectivity index (χ4n) is 2.48. The van der Waals surface area contributed by atoms with Gasteiger partial charge in [-0.15, -0.1) is 0 Å². The Hall–Kier alpha value is -3.67.